The maximum atomic E-state index is 10.3. The van der Waals surface area contributed by atoms with Gasteiger partial charge in [-0.15, -0.1) is 0 Å². The van der Waals surface area contributed by atoms with Gasteiger partial charge in [-0.3, -0.25) is 9.35 Å². The molecule has 0 heterocycles. The average Bonchev–Trinajstić information content (AvgIpc) is 1.82. The number of hydrogen-bond acceptors (Lipinski definition) is 3. The molecule has 4 nitrogen and oxygen atoms in total. The molecule has 0 aromatic carbocycles. The Balaban J connectivity index is 4.57. The van der Waals surface area contributed by atoms with Crippen LogP contribution in [0.4, 0.5) is 0 Å². The average molecular weight is 192 g/mol. The summed E-state index contributed by atoms with van der Waals surface area (Å²) in [6.45, 7) is 3.70. The van der Waals surface area contributed by atoms with Crippen molar-refractivity contribution in [2.24, 2.45) is 5.92 Å². The predicted octanol–water partition coefficient (Wildman–Crippen LogP) is 1.00. The first-order valence-corrected chi connectivity index (χ1v) is 4.98. The number of carbonyl (C=O) groups is 1. The van der Waals surface area contributed by atoms with Crippen molar-refractivity contribution in [2.75, 3.05) is 0 Å². The van der Waals surface area contributed by atoms with E-state index in [9.17, 15) is 13.2 Å². The molecule has 0 rings (SSSR count). The van der Waals surface area contributed by atoms with Crippen LogP contribution in [0.2, 0.25) is 0 Å². The molecule has 70 valence electrons. The van der Waals surface area contributed by atoms with Crippen LogP contribution in [0.15, 0.2) is 11.0 Å². The number of hydrogen-bond donors (Lipinski definition) is 1. The van der Waals surface area contributed by atoms with Gasteiger partial charge in [0.15, 0.2) is 0 Å². The monoisotopic (exact) mass is 192 g/mol. The SMILES string of the molecule is CC(C)CC(C=O)=CS(=O)(=O)O. The zero-order valence-corrected chi connectivity index (χ0v) is 7.84. The first kappa shape index (κ1) is 11.3. The molecule has 0 unspecified atom stereocenters. The molecular formula is C7H12O4S. The van der Waals surface area contributed by atoms with Gasteiger partial charge in [0.05, 0.1) is 5.41 Å². The Morgan fingerprint density at radius 3 is 2.25 bits per heavy atom. The summed E-state index contributed by atoms with van der Waals surface area (Å²) >= 11 is 0. The lowest BCUT2D eigenvalue weighted by molar-refractivity contribution is -0.105. The van der Waals surface area contributed by atoms with E-state index < -0.39 is 10.1 Å². The summed E-state index contributed by atoms with van der Waals surface area (Å²) in [6.07, 6.45) is 0.789. The lowest BCUT2D eigenvalue weighted by Crippen LogP contribution is -1.98. The van der Waals surface area contributed by atoms with Crippen molar-refractivity contribution in [1.29, 1.82) is 0 Å². The minimum Gasteiger partial charge on any atom is -0.298 e. The molecule has 0 aliphatic carbocycles. The highest BCUT2D eigenvalue weighted by Gasteiger charge is 2.05. The molecule has 0 bridgehead atoms. The zero-order valence-electron chi connectivity index (χ0n) is 7.02. The second-order valence-electron chi connectivity index (χ2n) is 2.92. The van der Waals surface area contributed by atoms with Gasteiger partial charge in [0.1, 0.15) is 6.29 Å². The fourth-order valence-corrected chi connectivity index (χ4v) is 1.32. The maximum Gasteiger partial charge on any atom is 0.287 e. The van der Waals surface area contributed by atoms with Gasteiger partial charge in [0.2, 0.25) is 0 Å². The molecule has 0 fully saturated rings. The van der Waals surface area contributed by atoms with Gasteiger partial charge < -0.3 is 0 Å². The Kier molecular flexibility index (Phi) is 4.12. The topological polar surface area (TPSA) is 71.4 Å². The minimum absolute atomic E-state index is 0.0903. The number of carbonyl (C=O) groups excluding carboxylic acids is 1. The van der Waals surface area contributed by atoms with E-state index in [1.54, 1.807) is 0 Å². The van der Waals surface area contributed by atoms with Crippen LogP contribution in [0, 0.1) is 5.92 Å². The summed E-state index contributed by atoms with van der Waals surface area (Å²) in [5.74, 6) is 0.184. The summed E-state index contributed by atoms with van der Waals surface area (Å²) < 4.78 is 29.0. The quantitative estimate of drug-likeness (QED) is 0.410. The van der Waals surface area contributed by atoms with Gasteiger partial charge in [-0.05, 0) is 12.3 Å². The molecule has 0 saturated heterocycles. The standard InChI is InChI=1S/C7H12O4S/c1-6(2)3-7(4-8)5-12(9,10)11/h4-6H,3H2,1-2H3,(H,9,10,11). The summed E-state index contributed by atoms with van der Waals surface area (Å²) in [7, 11) is -4.17. The number of aldehydes is 1. The van der Waals surface area contributed by atoms with E-state index in [1.165, 1.54) is 0 Å². The zero-order chi connectivity index (χ0) is 9.78. The molecule has 0 amide bonds. The minimum atomic E-state index is -4.17. The van der Waals surface area contributed by atoms with Gasteiger partial charge in [0.25, 0.3) is 10.1 Å². The van der Waals surface area contributed by atoms with E-state index in [2.05, 4.69) is 0 Å². The third kappa shape index (κ3) is 6.06. The van der Waals surface area contributed by atoms with E-state index >= 15 is 0 Å². The smallest absolute Gasteiger partial charge is 0.287 e. The van der Waals surface area contributed by atoms with E-state index in [0.29, 0.717) is 18.1 Å². The van der Waals surface area contributed by atoms with Crippen molar-refractivity contribution in [1.82, 2.24) is 0 Å². The second kappa shape index (κ2) is 4.37. The Bertz CT molecular complexity index is 274. The highest BCUT2D eigenvalue weighted by molar-refractivity contribution is 7.88. The molecule has 0 aromatic rings. The third-order valence-corrected chi connectivity index (χ3v) is 1.70. The van der Waals surface area contributed by atoms with Crippen molar-refractivity contribution in [3.05, 3.63) is 11.0 Å². The number of rotatable bonds is 4. The van der Waals surface area contributed by atoms with Crippen LogP contribution in [-0.2, 0) is 14.9 Å². The van der Waals surface area contributed by atoms with Crippen LogP contribution >= 0.6 is 0 Å². The van der Waals surface area contributed by atoms with E-state index in [4.69, 9.17) is 4.55 Å². The van der Waals surface area contributed by atoms with Crippen molar-refractivity contribution >= 4 is 16.4 Å². The van der Waals surface area contributed by atoms with Gasteiger partial charge in [-0.1, -0.05) is 13.8 Å². The van der Waals surface area contributed by atoms with Crippen LogP contribution < -0.4 is 0 Å². The van der Waals surface area contributed by atoms with Crippen LogP contribution in [0.5, 0.6) is 0 Å². The second-order valence-corrected chi connectivity index (χ2v) is 4.19. The predicted molar refractivity (Wildman–Crippen MR) is 45.2 cm³/mol. The van der Waals surface area contributed by atoms with Crippen LogP contribution in [0.3, 0.4) is 0 Å². The van der Waals surface area contributed by atoms with Gasteiger partial charge in [-0.2, -0.15) is 8.42 Å². The molecule has 5 heteroatoms. The summed E-state index contributed by atoms with van der Waals surface area (Å²) in [4.78, 5) is 10.3. The van der Waals surface area contributed by atoms with Gasteiger partial charge in [-0.25, -0.2) is 0 Å². The van der Waals surface area contributed by atoms with Crippen molar-refractivity contribution in [2.45, 2.75) is 20.3 Å². The number of allylic oxidation sites excluding steroid dienone is 1. The molecule has 0 aromatic heterocycles. The van der Waals surface area contributed by atoms with Crippen molar-refractivity contribution < 1.29 is 17.8 Å². The van der Waals surface area contributed by atoms with Crippen LogP contribution in [0.1, 0.15) is 20.3 Å². The molecule has 0 atom stereocenters. The molecule has 1 N–H and O–H groups in total. The molecular weight excluding hydrogens is 180 g/mol. The molecule has 0 spiro atoms. The van der Waals surface area contributed by atoms with E-state index in [-0.39, 0.29) is 11.5 Å². The van der Waals surface area contributed by atoms with Gasteiger partial charge in [0, 0.05) is 5.57 Å². The third-order valence-electron chi connectivity index (χ3n) is 1.10. The Morgan fingerprint density at radius 2 is 2.00 bits per heavy atom. The molecule has 0 radical (unpaired) electrons. The highest BCUT2D eigenvalue weighted by Crippen LogP contribution is 2.09. The van der Waals surface area contributed by atoms with E-state index in [0.717, 1.165) is 0 Å². The summed E-state index contributed by atoms with van der Waals surface area (Å²) in [5.41, 5.74) is 0.0903. The summed E-state index contributed by atoms with van der Waals surface area (Å²) in [5, 5.41) is 0.583. The molecule has 12 heavy (non-hydrogen) atoms. The Labute approximate surface area is 72.0 Å². The first-order valence-electron chi connectivity index (χ1n) is 3.48. The molecule has 0 aliphatic rings. The fourth-order valence-electron chi connectivity index (χ4n) is 0.787. The van der Waals surface area contributed by atoms with Crippen LogP contribution in [-0.4, -0.2) is 19.3 Å². The summed E-state index contributed by atoms with van der Waals surface area (Å²) in [6, 6.07) is 0. The van der Waals surface area contributed by atoms with Gasteiger partial charge >= 0.3 is 0 Å². The molecule has 0 aliphatic heterocycles. The largest absolute Gasteiger partial charge is 0.298 e. The first-order chi connectivity index (χ1) is 5.35. The Hall–Kier alpha value is -0.680. The van der Waals surface area contributed by atoms with Crippen molar-refractivity contribution in [3.8, 4) is 0 Å². The fraction of sp³-hybridized carbons (Fsp3) is 0.571. The van der Waals surface area contributed by atoms with Crippen LogP contribution in [0.25, 0.3) is 0 Å². The lowest BCUT2D eigenvalue weighted by Gasteiger charge is -2.01. The van der Waals surface area contributed by atoms with Crippen molar-refractivity contribution in [3.63, 3.8) is 0 Å². The lowest BCUT2D eigenvalue weighted by atomic mass is 10.1. The van der Waals surface area contributed by atoms with E-state index in [1.807, 2.05) is 13.8 Å². The highest BCUT2D eigenvalue weighted by atomic mass is 32.2. The molecule has 0 saturated carbocycles. The maximum absolute atomic E-state index is 10.3. The normalized spacial score (nSPS) is 13.5. The Morgan fingerprint density at radius 1 is 1.50 bits per heavy atom.